The largest absolute Gasteiger partial charge is 0.438 e. The fourth-order valence-electron chi connectivity index (χ4n) is 4.95. The van der Waals surface area contributed by atoms with Crippen LogP contribution in [0.15, 0.2) is 28.5 Å². The maximum absolute atomic E-state index is 13.4. The van der Waals surface area contributed by atoms with Crippen molar-refractivity contribution in [2.45, 2.75) is 24.8 Å². The van der Waals surface area contributed by atoms with Crippen molar-refractivity contribution in [2.24, 2.45) is 11.7 Å². The number of nitrogens with two attached hydrogens (primary N) is 2. The van der Waals surface area contributed by atoms with Gasteiger partial charge in [-0.25, -0.2) is 4.39 Å². The number of alkyl halides is 4. The molecule has 0 aromatic carbocycles. The Labute approximate surface area is 204 Å². The summed E-state index contributed by atoms with van der Waals surface area (Å²) < 4.78 is 59.0. The summed E-state index contributed by atoms with van der Waals surface area (Å²) in [6, 6.07) is 0.871. The quantitative estimate of drug-likeness (QED) is 0.454. The summed E-state index contributed by atoms with van der Waals surface area (Å²) >= 11 is 0. The molecule has 1 amide bonds. The predicted octanol–water partition coefficient (Wildman–Crippen LogP) is 2.69. The molecule has 36 heavy (non-hydrogen) atoms. The molecule has 0 radical (unpaired) electrons. The van der Waals surface area contributed by atoms with Crippen molar-refractivity contribution in [1.82, 2.24) is 9.88 Å². The van der Waals surface area contributed by atoms with Crippen molar-refractivity contribution < 1.29 is 26.8 Å². The predicted molar refractivity (Wildman–Crippen MR) is 127 cm³/mol. The molecule has 9 nitrogen and oxygen atoms in total. The van der Waals surface area contributed by atoms with E-state index in [9.17, 15) is 22.4 Å². The molecule has 0 spiro atoms. The van der Waals surface area contributed by atoms with Gasteiger partial charge in [-0.15, -0.1) is 0 Å². The highest BCUT2D eigenvalue weighted by molar-refractivity contribution is 6.13. The van der Waals surface area contributed by atoms with E-state index in [0.29, 0.717) is 43.3 Å². The zero-order valence-corrected chi connectivity index (χ0v) is 19.3. The molecule has 0 unspecified atom stereocenters. The highest BCUT2D eigenvalue weighted by Gasteiger charge is 2.44. The summed E-state index contributed by atoms with van der Waals surface area (Å²) in [5, 5.41) is 5.87. The molecule has 0 saturated carbocycles. The Morgan fingerprint density at radius 3 is 2.78 bits per heavy atom. The third-order valence-corrected chi connectivity index (χ3v) is 6.69. The maximum atomic E-state index is 13.4. The molecule has 2 atom stereocenters. The number of fused-ring (bicyclic) bond motifs is 1. The number of hydrogen-bond acceptors (Lipinski definition) is 8. The molecule has 0 aliphatic carbocycles. The van der Waals surface area contributed by atoms with E-state index in [4.69, 9.17) is 15.9 Å². The van der Waals surface area contributed by atoms with Crippen molar-refractivity contribution >= 4 is 34.9 Å². The third kappa shape index (κ3) is 4.85. The number of furan rings is 1. The number of nitrogens with one attached hydrogen (secondary N) is 2. The van der Waals surface area contributed by atoms with Crippen LogP contribution >= 0.6 is 0 Å². The van der Waals surface area contributed by atoms with Crippen LogP contribution in [0.1, 0.15) is 22.5 Å². The molecule has 194 valence electrons. The van der Waals surface area contributed by atoms with Crippen LogP contribution in [0.2, 0.25) is 0 Å². The van der Waals surface area contributed by atoms with Crippen LogP contribution in [0.3, 0.4) is 0 Å². The van der Waals surface area contributed by atoms with E-state index < -0.39 is 30.2 Å². The van der Waals surface area contributed by atoms with Crippen LogP contribution in [0.5, 0.6) is 0 Å². The molecular weight excluding hydrogens is 482 g/mol. The molecule has 5 heterocycles. The second-order valence-corrected chi connectivity index (χ2v) is 9.51. The van der Waals surface area contributed by atoms with E-state index in [1.807, 2.05) is 4.90 Å². The monoisotopic (exact) mass is 509 g/mol. The number of piperidine rings is 1. The molecule has 2 fully saturated rings. The fourth-order valence-corrected chi connectivity index (χ4v) is 4.95. The van der Waals surface area contributed by atoms with Crippen molar-refractivity contribution in [3.63, 3.8) is 0 Å². The molecule has 3 aliphatic heterocycles. The Morgan fingerprint density at radius 1 is 1.28 bits per heavy atom. The first-order chi connectivity index (χ1) is 17.1. The van der Waals surface area contributed by atoms with Gasteiger partial charge in [-0.3, -0.25) is 14.7 Å². The van der Waals surface area contributed by atoms with Crippen LogP contribution in [0.4, 0.5) is 40.5 Å². The van der Waals surface area contributed by atoms with E-state index in [0.717, 1.165) is 5.57 Å². The molecule has 0 bridgehead atoms. The van der Waals surface area contributed by atoms with Crippen LogP contribution in [0, 0.1) is 5.92 Å². The molecule has 6 N–H and O–H groups in total. The summed E-state index contributed by atoms with van der Waals surface area (Å²) in [6.45, 7) is 1.71. The third-order valence-electron chi connectivity index (χ3n) is 6.69. The number of rotatable bonds is 5. The zero-order valence-electron chi connectivity index (χ0n) is 19.3. The summed E-state index contributed by atoms with van der Waals surface area (Å²) in [5.74, 6) is -1.88. The van der Waals surface area contributed by atoms with Gasteiger partial charge in [0.05, 0.1) is 29.2 Å². The van der Waals surface area contributed by atoms with E-state index in [1.54, 1.807) is 12.1 Å². The van der Waals surface area contributed by atoms with E-state index in [1.165, 1.54) is 17.3 Å². The SMILES string of the molecule is Nc1oc2c(c1C(=O)Nc1cnccc1N1C[C@@H](N)C[C@@H](C(F)(F)F)C1)NCC(CN1CC(F)C1)=C2. The molecule has 2 aromatic rings. The maximum Gasteiger partial charge on any atom is 0.393 e. The molecule has 3 aliphatic rings. The van der Waals surface area contributed by atoms with Crippen LogP contribution in [-0.2, 0) is 0 Å². The Balaban J connectivity index is 1.35. The number of likely N-dealkylation sites (tertiary alicyclic amines) is 1. The van der Waals surface area contributed by atoms with Gasteiger partial charge in [0.15, 0.2) is 5.76 Å². The fraction of sp³-hybridized carbons (Fsp3) is 0.478. The first-order valence-electron chi connectivity index (χ1n) is 11.6. The van der Waals surface area contributed by atoms with Gasteiger partial charge in [0, 0.05) is 51.5 Å². The number of nitrogens with zero attached hydrogens (tertiary/aromatic N) is 3. The number of hydrogen-bond donors (Lipinski definition) is 4. The van der Waals surface area contributed by atoms with Gasteiger partial charge in [-0.05, 0) is 24.1 Å². The van der Waals surface area contributed by atoms with Gasteiger partial charge in [0.2, 0.25) is 5.88 Å². The first-order valence-corrected chi connectivity index (χ1v) is 11.6. The average Bonchev–Trinajstić information content (AvgIpc) is 3.12. The number of carbonyl (C=O) groups excluding carboxylic acids is 1. The second-order valence-electron chi connectivity index (χ2n) is 9.51. The average molecular weight is 510 g/mol. The first kappa shape index (κ1) is 24.4. The van der Waals surface area contributed by atoms with Gasteiger partial charge in [0.1, 0.15) is 11.7 Å². The van der Waals surface area contributed by atoms with Gasteiger partial charge in [0.25, 0.3) is 5.91 Å². The lowest BCUT2D eigenvalue weighted by molar-refractivity contribution is -0.177. The molecule has 2 aromatic heterocycles. The molecular formula is C23H27F4N7O2. The minimum atomic E-state index is -4.38. The minimum absolute atomic E-state index is 0.0892. The topological polar surface area (TPSA) is 126 Å². The molecule has 5 rings (SSSR count). The number of carbonyl (C=O) groups is 1. The smallest absolute Gasteiger partial charge is 0.393 e. The van der Waals surface area contributed by atoms with Crippen molar-refractivity contribution in [3.8, 4) is 0 Å². The van der Waals surface area contributed by atoms with Gasteiger partial charge >= 0.3 is 6.18 Å². The van der Waals surface area contributed by atoms with Gasteiger partial charge in [-0.1, -0.05) is 0 Å². The number of aromatic nitrogens is 1. The summed E-state index contributed by atoms with van der Waals surface area (Å²) in [5.41, 5.74) is 14.0. The van der Waals surface area contributed by atoms with Gasteiger partial charge in [-0.2, -0.15) is 13.2 Å². The Bertz CT molecular complexity index is 1180. The lowest BCUT2D eigenvalue weighted by atomic mass is 9.93. The van der Waals surface area contributed by atoms with E-state index >= 15 is 0 Å². The number of amides is 1. The van der Waals surface area contributed by atoms with E-state index in [2.05, 4.69) is 15.6 Å². The molecule has 13 heteroatoms. The number of pyridine rings is 1. The second kappa shape index (κ2) is 9.28. The highest BCUT2D eigenvalue weighted by Crippen LogP contribution is 2.38. The van der Waals surface area contributed by atoms with E-state index in [-0.39, 0.29) is 36.6 Å². The van der Waals surface area contributed by atoms with Gasteiger partial charge < -0.3 is 31.4 Å². The Hall–Kier alpha value is -3.32. The standard InChI is InChI=1S/C23H27F4N7O2/c24-14-9-33(10-14)7-12-3-18-20(31-5-12)19(21(29)36-18)22(35)32-16-6-30-2-1-17(16)34-8-13(23(25,26)27)4-15(28)11-34/h1-3,6,13-15,31H,4-5,7-11,28-29H2,(H,32,35)/t13-,15+/m1/s1. The van der Waals surface area contributed by atoms with Crippen molar-refractivity contribution in [2.75, 3.05) is 60.5 Å². The highest BCUT2D eigenvalue weighted by atomic mass is 19.4. The minimum Gasteiger partial charge on any atom is -0.438 e. The summed E-state index contributed by atoms with van der Waals surface area (Å²) in [7, 11) is 0. The van der Waals surface area contributed by atoms with Crippen molar-refractivity contribution in [3.05, 3.63) is 35.4 Å². The Kier molecular flexibility index (Phi) is 6.29. The lowest BCUT2D eigenvalue weighted by Crippen LogP contribution is -2.51. The lowest BCUT2D eigenvalue weighted by Gasteiger charge is -2.39. The number of anilines is 4. The number of nitrogen functional groups attached to an aromatic ring is 1. The normalized spacial score (nSPS) is 22.9. The Morgan fingerprint density at radius 2 is 2.06 bits per heavy atom. The summed E-state index contributed by atoms with van der Waals surface area (Å²) in [6.07, 6.45) is -0.735. The zero-order chi connectivity index (χ0) is 25.6. The summed E-state index contributed by atoms with van der Waals surface area (Å²) in [4.78, 5) is 20.7. The molecule has 2 saturated heterocycles. The van der Waals surface area contributed by atoms with Crippen molar-refractivity contribution in [1.29, 1.82) is 0 Å². The van der Waals surface area contributed by atoms with Crippen LogP contribution in [0.25, 0.3) is 6.08 Å². The number of halogens is 4. The van der Waals surface area contributed by atoms with Crippen LogP contribution in [-0.4, -0.2) is 73.4 Å². The van der Waals surface area contributed by atoms with Crippen LogP contribution < -0.4 is 27.0 Å².